The molecule has 0 amide bonds. The summed E-state index contributed by atoms with van der Waals surface area (Å²) in [5.74, 6) is 0. The fraction of sp³-hybridized carbons (Fsp3) is 0. The molecule has 8 heteroatoms. The number of hydrogen-bond acceptors (Lipinski definition) is 0. The minimum atomic E-state index is 0.907. The van der Waals surface area contributed by atoms with Gasteiger partial charge in [-0.25, -0.2) is 8.34 Å². The van der Waals surface area contributed by atoms with Gasteiger partial charge in [0, 0.05) is 0 Å². The Kier molecular flexibility index (Phi) is 5.26. The summed E-state index contributed by atoms with van der Waals surface area (Å²) >= 11 is 0. The van der Waals surface area contributed by atoms with Gasteiger partial charge in [-0.2, -0.15) is 0 Å². The molecule has 8 heavy (non-hydrogen) atoms. The molecule has 0 heterocycles. The molecule has 0 aromatic heterocycles. The van der Waals surface area contributed by atoms with E-state index in [1.165, 1.54) is 7.06 Å². The molecule has 0 aliphatic heterocycles. The monoisotopic (exact) mass is 118 g/mol. The lowest BCUT2D eigenvalue weighted by Gasteiger charge is -2.04. The van der Waals surface area contributed by atoms with E-state index in [1.54, 1.807) is 0 Å². The highest BCUT2D eigenvalue weighted by atomic mass is 31.1. The van der Waals surface area contributed by atoms with Gasteiger partial charge in [-0.3, -0.25) is 0 Å². The zero-order chi connectivity index (χ0) is 6.57. The van der Waals surface area contributed by atoms with Crippen molar-refractivity contribution < 1.29 is 0 Å². The second-order valence-corrected chi connectivity index (χ2v) is 5.10. The highest BCUT2D eigenvalue weighted by Gasteiger charge is 2.06. The quantitative estimate of drug-likeness (QED) is 0.258. The Labute approximate surface area is 59.4 Å². The Balaban J connectivity index is 3.10. The van der Waals surface area contributed by atoms with Gasteiger partial charge in [0.15, 0.2) is 0 Å². The molecule has 0 aromatic carbocycles. The van der Waals surface area contributed by atoms with Crippen molar-refractivity contribution in [3.63, 3.8) is 0 Å². The van der Waals surface area contributed by atoms with Crippen molar-refractivity contribution in [3.05, 3.63) is 0 Å². The molecule has 0 bridgehead atoms. The van der Waals surface area contributed by atoms with Gasteiger partial charge < -0.3 is 0 Å². The Bertz CT molecular complexity index is 50.3. The zero-order valence-corrected chi connectivity index (χ0v) is 7.36. The summed E-state index contributed by atoms with van der Waals surface area (Å²) in [7, 11) is 11.7. The van der Waals surface area contributed by atoms with Crippen molar-refractivity contribution in [1.29, 1.82) is 0 Å². The Morgan fingerprint density at radius 2 is 1.75 bits per heavy atom. The van der Waals surface area contributed by atoms with Gasteiger partial charge in [-0.1, -0.05) is 0 Å². The van der Waals surface area contributed by atoms with Crippen molar-refractivity contribution in [3.8, 4) is 0 Å². The van der Waals surface area contributed by atoms with Crippen LogP contribution in [0.4, 0.5) is 0 Å². The normalized spacial score (nSPS) is 9.50. The standard InChI is InChI=1S/B7H10P/c1-5-7(4)8-6(2)3/h5,8H,1-4H2. The number of hydrogen-bond donors (Lipinski definition) is 0. The molecule has 36 valence electrons. The lowest BCUT2D eigenvalue weighted by molar-refractivity contribution is 3.89. The average Bonchev–Trinajstić information content (AvgIpc) is 1.65. The molecular weight excluding hydrogens is 107 g/mol. The maximum atomic E-state index is 2.33. The third-order valence-electron chi connectivity index (χ3n) is 1.23. The minimum absolute atomic E-state index is 0.907. The lowest BCUT2D eigenvalue weighted by Crippen LogP contribution is -2.23. The lowest BCUT2D eigenvalue weighted by atomic mass is 9.18. The molecule has 1 atom stereocenters. The second kappa shape index (κ2) is 4.73. The summed E-state index contributed by atoms with van der Waals surface area (Å²) in [5.41, 5.74) is 0. The van der Waals surface area contributed by atoms with Crippen LogP contribution in [0, 0.1) is 0 Å². The first-order chi connectivity index (χ1) is 3.66. The molecule has 0 radical (unpaired) electrons. The zero-order valence-electron chi connectivity index (χ0n) is 6.36. The van der Waals surface area contributed by atoms with E-state index in [9.17, 15) is 0 Å². The van der Waals surface area contributed by atoms with E-state index in [0.29, 0.717) is 0 Å². The fourth-order valence-electron chi connectivity index (χ4n) is 0.687. The summed E-state index contributed by atoms with van der Waals surface area (Å²) in [6.45, 7) is 0. The van der Waals surface area contributed by atoms with Crippen LogP contribution in [0.3, 0.4) is 0 Å². The van der Waals surface area contributed by atoms with Crippen molar-refractivity contribution in [1.82, 2.24) is 0 Å². The van der Waals surface area contributed by atoms with Gasteiger partial charge in [0.2, 0.25) is 0 Å². The van der Waals surface area contributed by atoms with Gasteiger partial charge in [0.1, 0.15) is 0 Å². The molecule has 1 unspecified atom stereocenters. The molecule has 0 aliphatic carbocycles. The molecule has 0 nitrogen and oxygen atoms in total. The van der Waals surface area contributed by atoms with Gasteiger partial charge in [0.25, 0.3) is 0 Å². The van der Waals surface area contributed by atoms with Crippen LogP contribution < -0.4 is 0 Å². The molecule has 0 aromatic rings. The Hall–Kier alpha value is 0.885. The first kappa shape index (κ1) is 8.88. The minimum Gasteiger partial charge on any atom is -0.219 e. The van der Waals surface area contributed by atoms with Crippen LogP contribution in [0.1, 0.15) is 0 Å². The van der Waals surface area contributed by atoms with Crippen molar-refractivity contribution in [2.24, 2.45) is 0 Å². The maximum Gasteiger partial charge on any atom is 0.0798 e. The SMILES string of the molecule is BBB(B)PB(B)B. The molecule has 0 N–H and O–H groups in total. The third kappa shape index (κ3) is 5.03. The summed E-state index contributed by atoms with van der Waals surface area (Å²) in [6, 6.07) is 0. The highest BCUT2D eigenvalue weighted by Crippen LogP contribution is 2.10. The van der Waals surface area contributed by atoms with E-state index in [4.69, 9.17) is 0 Å². The van der Waals surface area contributed by atoms with Gasteiger partial charge in [-0.15, -0.1) is 0 Å². The van der Waals surface area contributed by atoms with E-state index in [1.807, 2.05) is 0 Å². The van der Waals surface area contributed by atoms with Gasteiger partial charge >= 0.3 is 0 Å². The van der Waals surface area contributed by atoms with Crippen LogP contribution in [0.15, 0.2) is 0 Å². The molecular formula is H10B7P. The van der Waals surface area contributed by atoms with Crippen LogP contribution in [-0.2, 0) is 0 Å². The highest BCUT2D eigenvalue weighted by molar-refractivity contribution is 8.19. The Morgan fingerprint density at radius 3 is 1.88 bits per heavy atom. The molecule has 0 saturated carbocycles. The topological polar surface area (TPSA) is 0 Å². The Morgan fingerprint density at radius 1 is 1.25 bits per heavy atom. The first-order valence-electron chi connectivity index (χ1n) is 3.42. The molecule has 0 fully saturated rings. The average molecular weight is 117 g/mol. The van der Waals surface area contributed by atoms with Gasteiger partial charge in [0.05, 0.1) is 50.4 Å². The summed E-state index contributed by atoms with van der Waals surface area (Å²) < 4.78 is 0. The fourth-order valence-corrected chi connectivity index (χ4v) is 2.06. The van der Waals surface area contributed by atoms with E-state index in [2.05, 4.69) is 30.9 Å². The molecule has 0 saturated heterocycles. The first-order valence-corrected chi connectivity index (χ1v) is 4.58. The van der Waals surface area contributed by atoms with Gasteiger partial charge in [-0.05, 0) is 0 Å². The molecule has 0 spiro atoms. The van der Waals surface area contributed by atoms with Crippen LogP contribution in [0.2, 0.25) is 0 Å². The predicted molar refractivity (Wildman–Crippen MR) is 61.1 cm³/mol. The van der Waals surface area contributed by atoms with E-state index < -0.39 is 0 Å². The van der Waals surface area contributed by atoms with Crippen LogP contribution in [0.5, 0.6) is 0 Å². The number of rotatable bonds is 3. The summed E-state index contributed by atoms with van der Waals surface area (Å²) in [6.07, 6.45) is 1.86. The molecule has 0 rings (SSSR count). The van der Waals surface area contributed by atoms with Crippen LogP contribution in [0.25, 0.3) is 0 Å². The molecule has 0 aliphatic rings. The van der Waals surface area contributed by atoms with Crippen molar-refractivity contribution in [2.75, 3.05) is 0 Å². The largest absolute Gasteiger partial charge is 0.219 e. The van der Waals surface area contributed by atoms with Crippen LogP contribution >= 0.6 is 8.34 Å². The second-order valence-electron chi connectivity index (χ2n) is 2.63. The van der Waals surface area contributed by atoms with E-state index >= 15 is 0 Å². The predicted octanol–water partition coefficient (Wildman–Crippen LogP) is -4.48. The smallest absolute Gasteiger partial charge is 0.0798 e. The summed E-state index contributed by atoms with van der Waals surface area (Å²) in [4.78, 5) is 0. The maximum absolute atomic E-state index is 2.33. The van der Waals surface area contributed by atoms with Crippen molar-refractivity contribution >= 4 is 58.8 Å². The van der Waals surface area contributed by atoms with Crippen molar-refractivity contribution in [2.45, 2.75) is 0 Å². The van der Waals surface area contributed by atoms with E-state index in [-0.39, 0.29) is 0 Å². The third-order valence-corrected chi connectivity index (χ3v) is 2.87. The summed E-state index contributed by atoms with van der Waals surface area (Å²) in [5, 5.41) is 0. The van der Waals surface area contributed by atoms with E-state index in [0.717, 1.165) is 20.8 Å². The van der Waals surface area contributed by atoms with Crippen LogP contribution in [-0.4, -0.2) is 50.4 Å².